The number of piperidine rings is 1. The molecule has 33 heavy (non-hydrogen) atoms. The van der Waals surface area contributed by atoms with Crippen molar-refractivity contribution in [2.75, 3.05) is 55.7 Å². The highest BCUT2D eigenvalue weighted by Gasteiger charge is 2.34. The summed E-state index contributed by atoms with van der Waals surface area (Å²) in [5.74, 6) is -0.398. The molecule has 2 aromatic rings. The fourth-order valence-corrected chi connectivity index (χ4v) is 4.66. The number of nitrogens with zero attached hydrogens (tertiary/aromatic N) is 4. The van der Waals surface area contributed by atoms with E-state index in [4.69, 9.17) is 5.73 Å². The van der Waals surface area contributed by atoms with E-state index in [0.29, 0.717) is 24.0 Å². The number of nitrogens with two attached hydrogens (primary N) is 1. The van der Waals surface area contributed by atoms with E-state index in [9.17, 15) is 9.59 Å². The number of anilines is 3. The van der Waals surface area contributed by atoms with Gasteiger partial charge in [0.2, 0.25) is 0 Å². The molecular formula is C25H34N6O2. The van der Waals surface area contributed by atoms with Crippen LogP contribution in [0.1, 0.15) is 36.9 Å². The van der Waals surface area contributed by atoms with Crippen molar-refractivity contribution in [3.8, 4) is 0 Å². The third-order valence-corrected chi connectivity index (χ3v) is 6.80. The maximum Gasteiger partial charge on any atom is 0.313 e. The molecule has 2 amide bonds. The van der Waals surface area contributed by atoms with Gasteiger partial charge in [0.05, 0.1) is 17.9 Å². The quantitative estimate of drug-likeness (QED) is 0.698. The zero-order valence-electron chi connectivity index (χ0n) is 19.8. The molecule has 3 N–H and O–H groups in total. The minimum Gasteiger partial charge on any atom is -0.383 e. The molecule has 1 aromatic heterocycles. The van der Waals surface area contributed by atoms with E-state index in [1.165, 1.54) is 11.9 Å². The van der Waals surface area contributed by atoms with E-state index in [2.05, 4.69) is 58.3 Å². The van der Waals surface area contributed by atoms with Crippen molar-refractivity contribution >= 4 is 29.0 Å². The second kappa shape index (κ2) is 9.79. The van der Waals surface area contributed by atoms with Crippen LogP contribution >= 0.6 is 0 Å². The number of hydrogen-bond donors (Lipinski definition) is 2. The number of hydrogen-bond acceptors (Lipinski definition) is 6. The van der Waals surface area contributed by atoms with Crippen molar-refractivity contribution in [1.82, 2.24) is 14.8 Å². The Balaban J connectivity index is 1.48. The normalized spacial score (nSPS) is 21.7. The predicted molar refractivity (Wildman–Crippen MR) is 131 cm³/mol. The molecule has 0 aliphatic carbocycles. The molecular weight excluding hydrogens is 416 g/mol. The fourth-order valence-electron chi connectivity index (χ4n) is 4.66. The molecule has 0 unspecified atom stereocenters. The van der Waals surface area contributed by atoms with Crippen molar-refractivity contribution in [1.29, 1.82) is 0 Å². The number of rotatable bonds is 3. The number of likely N-dealkylation sites (tertiary alicyclic amines) is 1. The molecule has 0 radical (unpaired) electrons. The van der Waals surface area contributed by atoms with Crippen molar-refractivity contribution in [3.05, 3.63) is 47.7 Å². The van der Waals surface area contributed by atoms with E-state index in [-0.39, 0.29) is 6.04 Å². The average Bonchev–Trinajstić information content (AvgIpc) is 2.81. The van der Waals surface area contributed by atoms with Gasteiger partial charge in [0.25, 0.3) is 0 Å². The van der Waals surface area contributed by atoms with Crippen molar-refractivity contribution < 1.29 is 9.59 Å². The minimum atomic E-state index is -0.644. The average molecular weight is 451 g/mol. The van der Waals surface area contributed by atoms with Crippen LogP contribution in [0, 0.1) is 12.8 Å². The first-order chi connectivity index (χ1) is 15.8. The monoisotopic (exact) mass is 450 g/mol. The van der Waals surface area contributed by atoms with Gasteiger partial charge in [-0.2, -0.15) is 0 Å². The van der Waals surface area contributed by atoms with Gasteiger partial charge in [0, 0.05) is 38.4 Å². The Labute approximate surface area is 195 Å². The van der Waals surface area contributed by atoms with Crippen LogP contribution in [0.2, 0.25) is 0 Å². The smallest absolute Gasteiger partial charge is 0.313 e. The van der Waals surface area contributed by atoms with Gasteiger partial charge in [-0.25, -0.2) is 4.98 Å². The molecule has 1 aromatic carbocycles. The second-order valence-electron chi connectivity index (χ2n) is 9.42. The molecule has 8 nitrogen and oxygen atoms in total. The molecule has 3 heterocycles. The highest BCUT2D eigenvalue weighted by atomic mass is 16.2. The van der Waals surface area contributed by atoms with E-state index < -0.39 is 11.8 Å². The third kappa shape index (κ3) is 5.27. The maximum absolute atomic E-state index is 13.2. The highest BCUT2D eigenvalue weighted by Crippen LogP contribution is 2.34. The molecule has 0 spiro atoms. The molecule has 4 rings (SSSR count). The van der Waals surface area contributed by atoms with Gasteiger partial charge in [0.15, 0.2) is 0 Å². The number of nitrogen functional groups attached to an aromatic ring is 1. The number of likely N-dealkylation sites (N-methyl/N-ethyl adjacent to an activating group) is 1. The number of aromatic nitrogens is 1. The minimum absolute atomic E-state index is 0.104. The number of benzene rings is 1. The molecule has 2 aliphatic heterocycles. The third-order valence-electron chi connectivity index (χ3n) is 6.80. The van der Waals surface area contributed by atoms with Gasteiger partial charge < -0.3 is 25.8 Å². The predicted octanol–water partition coefficient (Wildman–Crippen LogP) is 2.66. The van der Waals surface area contributed by atoms with E-state index in [0.717, 1.165) is 50.1 Å². The zero-order chi connectivity index (χ0) is 23.5. The van der Waals surface area contributed by atoms with Gasteiger partial charge in [-0.15, -0.1) is 0 Å². The van der Waals surface area contributed by atoms with Crippen molar-refractivity contribution in [3.63, 3.8) is 0 Å². The molecule has 2 atom stereocenters. The summed E-state index contributed by atoms with van der Waals surface area (Å²) in [4.78, 5) is 36.5. The zero-order valence-corrected chi connectivity index (χ0v) is 19.8. The summed E-state index contributed by atoms with van der Waals surface area (Å²) in [7, 11) is 2.15. The second-order valence-corrected chi connectivity index (χ2v) is 9.42. The summed E-state index contributed by atoms with van der Waals surface area (Å²) in [6, 6.07) is 10.1. The molecule has 176 valence electrons. The number of pyridine rings is 1. The SMILES string of the molecule is Cc1cc(NC(=O)C(=O)N2C[C@H](C)CC[C@H]2c2ccc(N3CCN(C)CC3)cc2)cnc1N. The number of aryl methyl sites for hydroxylation is 1. The molecule has 8 heteroatoms. The van der Waals surface area contributed by atoms with Crippen molar-refractivity contribution in [2.45, 2.75) is 32.7 Å². The Hall–Kier alpha value is -3.13. The number of piperazine rings is 1. The van der Waals surface area contributed by atoms with Gasteiger partial charge in [-0.3, -0.25) is 9.59 Å². The summed E-state index contributed by atoms with van der Waals surface area (Å²) in [5.41, 5.74) is 9.26. The van der Waals surface area contributed by atoms with Crippen LogP contribution in [0.15, 0.2) is 36.5 Å². The topological polar surface area (TPSA) is 94.8 Å². The van der Waals surface area contributed by atoms with Crippen molar-refractivity contribution in [2.24, 2.45) is 5.92 Å². The van der Waals surface area contributed by atoms with Gasteiger partial charge in [-0.05, 0) is 62.1 Å². The van der Waals surface area contributed by atoms with Gasteiger partial charge >= 0.3 is 11.8 Å². The van der Waals surface area contributed by atoms with Crippen LogP contribution in [-0.4, -0.2) is 66.4 Å². The first kappa shape index (κ1) is 23.0. The van der Waals surface area contributed by atoms with Crippen LogP contribution in [0.25, 0.3) is 0 Å². The standard InChI is InChI=1S/C25H34N6O2/c1-17-4-9-22(19-5-7-21(8-6-19)30-12-10-29(3)11-13-30)31(16-17)25(33)24(32)28-20-14-18(2)23(26)27-15-20/h5-8,14-15,17,22H,4,9-13,16H2,1-3H3,(H2,26,27)(H,28,32)/t17-,22+/m1/s1. The van der Waals surface area contributed by atoms with Crippen LogP contribution < -0.4 is 16.0 Å². The van der Waals surface area contributed by atoms with Crippen LogP contribution in [-0.2, 0) is 9.59 Å². The van der Waals surface area contributed by atoms with E-state index in [1.807, 2.05) is 6.92 Å². The molecule has 0 saturated carbocycles. The molecule has 0 bridgehead atoms. The lowest BCUT2D eigenvalue weighted by atomic mass is 9.89. The maximum atomic E-state index is 13.2. The molecule has 2 fully saturated rings. The lowest BCUT2D eigenvalue weighted by Gasteiger charge is -2.39. The lowest BCUT2D eigenvalue weighted by Crippen LogP contribution is -2.46. The first-order valence-electron chi connectivity index (χ1n) is 11.7. The Morgan fingerprint density at radius 3 is 2.45 bits per heavy atom. The number of nitrogens with one attached hydrogen (secondary N) is 1. The molecule has 2 aliphatic rings. The number of carbonyl (C=O) groups is 2. The Bertz CT molecular complexity index is 1000. The number of carbonyl (C=O) groups excluding carboxylic acids is 2. The summed E-state index contributed by atoms with van der Waals surface area (Å²) >= 11 is 0. The summed E-state index contributed by atoms with van der Waals surface area (Å²) in [6.45, 7) is 8.65. The summed E-state index contributed by atoms with van der Waals surface area (Å²) < 4.78 is 0. The first-order valence-corrected chi connectivity index (χ1v) is 11.7. The Morgan fingerprint density at radius 1 is 1.09 bits per heavy atom. The van der Waals surface area contributed by atoms with Crippen LogP contribution in [0.4, 0.5) is 17.2 Å². The lowest BCUT2D eigenvalue weighted by molar-refractivity contribution is -0.146. The Kier molecular flexibility index (Phi) is 6.83. The van der Waals surface area contributed by atoms with E-state index in [1.54, 1.807) is 11.0 Å². The van der Waals surface area contributed by atoms with E-state index >= 15 is 0 Å². The largest absolute Gasteiger partial charge is 0.383 e. The number of amides is 2. The van der Waals surface area contributed by atoms with Crippen LogP contribution in [0.5, 0.6) is 0 Å². The highest BCUT2D eigenvalue weighted by molar-refractivity contribution is 6.39. The molecule has 2 saturated heterocycles. The van der Waals surface area contributed by atoms with Gasteiger partial charge in [0.1, 0.15) is 5.82 Å². The summed E-state index contributed by atoms with van der Waals surface area (Å²) in [5, 5.41) is 2.69. The fraction of sp³-hybridized carbons (Fsp3) is 0.480. The summed E-state index contributed by atoms with van der Waals surface area (Å²) in [6.07, 6.45) is 3.34. The van der Waals surface area contributed by atoms with Gasteiger partial charge in [-0.1, -0.05) is 19.1 Å². The Morgan fingerprint density at radius 2 is 1.79 bits per heavy atom. The van der Waals surface area contributed by atoms with Crippen LogP contribution in [0.3, 0.4) is 0 Å².